The zero-order valence-electron chi connectivity index (χ0n) is 69.0. The topological polar surface area (TPSA) is 213 Å². The summed E-state index contributed by atoms with van der Waals surface area (Å²) in [7, 11) is 3.32. The minimum absolute atomic E-state index is 0.250. The lowest BCUT2D eigenvalue weighted by atomic mass is 9.65. The van der Waals surface area contributed by atoms with Crippen LogP contribution in [0.5, 0.6) is 69.0 Å². The first-order chi connectivity index (χ1) is 57.8. The molecule has 0 N–H and O–H groups in total. The fourth-order valence-electron chi connectivity index (χ4n) is 15.9. The summed E-state index contributed by atoms with van der Waals surface area (Å²) in [6.07, 6.45) is 7.10. The number of benzene rings is 12. The number of ether oxygens (including phenoxy) is 12. The number of rotatable bonds is 22. The van der Waals surface area contributed by atoms with Crippen LogP contribution in [-0.4, -0.2) is 50.8 Å². The van der Waals surface area contributed by atoms with Crippen molar-refractivity contribution < 1.29 is 85.6 Å². The van der Waals surface area contributed by atoms with Crippen LogP contribution in [0.2, 0.25) is 0 Å². The maximum atomic E-state index is 13.0. The highest BCUT2D eigenvalue weighted by molar-refractivity contribution is 5.74. The standard InChI is InChI=1S/C52H50O9.C50H46O9/c1-34-32-41(18-28-47(34)56-6)51(4,5)42-19-29-48(35(2)33-42)61-50(55)60-46-26-16-40(17-27-46)52(30-8-7-9-31-52)39-14-24-45(25-15-39)59-49(54)58-44-22-12-38(13-23-44)37-10-20-43(21-11-37)57-36(3)53;1-34(51)55-42-20-8-35(9-21-42)36-10-22-43(23-11-36)56-47(52)58-45-28-16-39(17-29-45)50(32-6-5-7-33-50)40-18-30-46(31-19-40)59-48(53)57-44-26-14-38(15-27-44)49(2,3)37-12-24-41(54-4)25-13-37/h10-29,32-33H,7-9,30-31H2,1-6H3;8-31H,5-7,32-33H2,1-4H3. The Balaban J connectivity index is 0.000000208. The Morgan fingerprint density at radius 1 is 0.250 bits per heavy atom. The van der Waals surface area contributed by atoms with E-state index in [1.807, 2.05) is 172 Å². The van der Waals surface area contributed by atoms with E-state index in [1.54, 1.807) is 111 Å². The van der Waals surface area contributed by atoms with Gasteiger partial charge in [-0.25, -0.2) is 19.2 Å². The van der Waals surface area contributed by atoms with Gasteiger partial charge in [0.15, 0.2) is 0 Å². The molecule has 0 spiro atoms. The van der Waals surface area contributed by atoms with Gasteiger partial charge in [0.05, 0.1) is 14.2 Å². The van der Waals surface area contributed by atoms with E-state index >= 15 is 0 Å². The Morgan fingerprint density at radius 3 is 0.733 bits per heavy atom. The highest BCUT2D eigenvalue weighted by atomic mass is 16.7. The van der Waals surface area contributed by atoms with E-state index in [0.717, 1.165) is 154 Å². The molecule has 2 aliphatic rings. The van der Waals surface area contributed by atoms with Crippen molar-refractivity contribution in [1.82, 2.24) is 0 Å². The average molecular weight is 1610 g/mol. The number of methoxy groups -OCH3 is 2. The Labute approximate surface area is 699 Å². The quantitative estimate of drug-likeness (QED) is 0.0350. The molecule has 0 saturated heterocycles. The van der Waals surface area contributed by atoms with Gasteiger partial charge in [-0.05, 0) is 251 Å². The summed E-state index contributed by atoms with van der Waals surface area (Å²) in [4.78, 5) is 73.7. The fraction of sp³-hybridized carbons (Fsp3) is 0.235. The van der Waals surface area contributed by atoms with Gasteiger partial charge in [-0.2, -0.15) is 0 Å². The predicted octanol–water partition coefficient (Wildman–Crippen LogP) is 24.7. The predicted molar refractivity (Wildman–Crippen MR) is 459 cm³/mol. The van der Waals surface area contributed by atoms with Gasteiger partial charge in [0.2, 0.25) is 0 Å². The second kappa shape index (κ2) is 37.7. The number of carbonyl (C=O) groups excluding carboxylic acids is 6. The summed E-state index contributed by atoms with van der Waals surface area (Å²) >= 11 is 0. The molecule has 0 aromatic heterocycles. The van der Waals surface area contributed by atoms with Gasteiger partial charge in [0.1, 0.15) is 69.0 Å². The van der Waals surface area contributed by atoms with Crippen molar-refractivity contribution in [1.29, 1.82) is 0 Å². The Morgan fingerprint density at radius 2 is 0.475 bits per heavy atom. The number of aryl methyl sites for hydroxylation is 2. The van der Waals surface area contributed by atoms with Gasteiger partial charge in [0.25, 0.3) is 0 Å². The average Bonchev–Trinajstić information content (AvgIpc) is 0.777. The minimum atomic E-state index is -0.844. The number of carbonyl (C=O) groups is 6. The van der Waals surface area contributed by atoms with Crippen LogP contribution < -0.4 is 56.8 Å². The van der Waals surface area contributed by atoms with Crippen LogP contribution in [0.3, 0.4) is 0 Å². The molecule has 0 amide bonds. The van der Waals surface area contributed by atoms with E-state index in [0.29, 0.717) is 57.5 Å². The van der Waals surface area contributed by atoms with Crippen molar-refractivity contribution in [2.75, 3.05) is 14.2 Å². The Bertz CT molecular complexity index is 5550. The van der Waals surface area contributed by atoms with Gasteiger partial charge in [-0.3, -0.25) is 9.59 Å². The molecule has 18 heteroatoms. The summed E-state index contributed by atoms with van der Waals surface area (Å²) < 4.78 is 65.4. The zero-order chi connectivity index (χ0) is 84.6. The van der Waals surface area contributed by atoms with Crippen LogP contribution in [0.1, 0.15) is 161 Å². The molecule has 2 fully saturated rings. The number of esters is 2. The van der Waals surface area contributed by atoms with Gasteiger partial charge in [0, 0.05) is 35.5 Å². The molecule has 0 unspecified atom stereocenters. The second-order valence-electron chi connectivity index (χ2n) is 31.2. The molecule has 2 aliphatic carbocycles. The van der Waals surface area contributed by atoms with Crippen LogP contribution in [0, 0.1) is 13.8 Å². The molecule has 2 saturated carbocycles. The van der Waals surface area contributed by atoms with Gasteiger partial charge >= 0.3 is 36.6 Å². The lowest BCUT2D eigenvalue weighted by molar-refractivity contribution is -0.132. The molecule has 120 heavy (non-hydrogen) atoms. The zero-order valence-corrected chi connectivity index (χ0v) is 69.0. The van der Waals surface area contributed by atoms with Crippen LogP contribution in [0.4, 0.5) is 19.2 Å². The van der Waals surface area contributed by atoms with Crippen LogP contribution in [-0.2, 0) is 31.2 Å². The molecule has 0 bridgehead atoms. The monoisotopic (exact) mass is 1610 g/mol. The molecular formula is C102H96O18. The molecule has 0 radical (unpaired) electrons. The van der Waals surface area contributed by atoms with Crippen molar-refractivity contribution in [3.05, 3.63) is 335 Å². The largest absolute Gasteiger partial charge is 0.519 e. The van der Waals surface area contributed by atoms with Crippen LogP contribution in [0.15, 0.2) is 279 Å². The molecule has 18 nitrogen and oxygen atoms in total. The Hall–Kier alpha value is -13.7. The second-order valence-corrected chi connectivity index (χ2v) is 31.2. The van der Waals surface area contributed by atoms with Crippen molar-refractivity contribution in [3.8, 4) is 91.2 Å². The van der Waals surface area contributed by atoms with Crippen molar-refractivity contribution >= 4 is 36.6 Å². The third-order valence-electron chi connectivity index (χ3n) is 22.7. The summed E-state index contributed by atoms with van der Waals surface area (Å²) in [6, 6.07) is 86.3. The van der Waals surface area contributed by atoms with E-state index in [-0.39, 0.29) is 33.6 Å². The van der Waals surface area contributed by atoms with E-state index in [1.165, 1.54) is 13.8 Å². The van der Waals surface area contributed by atoms with Gasteiger partial charge < -0.3 is 56.8 Å². The van der Waals surface area contributed by atoms with Crippen molar-refractivity contribution in [2.24, 2.45) is 0 Å². The molecule has 12 aromatic rings. The summed E-state index contributed by atoms with van der Waals surface area (Å²) in [5.74, 6) is 4.85. The van der Waals surface area contributed by atoms with Crippen LogP contribution in [0.25, 0.3) is 22.3 Å². The SMILES string of the molecule is COc1ccc(C(C)(C)c2ccc(OC(=O)Oc3ccc(C4(c5ccc(OC(=O)Oc6ccc(-c7ccc(OC(C)=O)cc7)cc6)cc5)CCCCC4)cc3)c(C)c2)cc1C.COc1ccc(C(C)(C)c2ccc(OC(=O)Oc3ccc(C4(c5ccc(OC(=O)Oc6ccc(-c7ccc(OC(C)=O)cc7)cc6)cc5)CCCCC4)cc3)cc2)cc1. The van der Waals surface area contributed by atoms with Crippen molar-refractivity contribution in [3.63, 3.8) is 0 Å². The lowest BCUT2D eigenvalue weighted by Gasteiger charge is -2.38. The first-order valence-corrected chi connectivity index (χ1v) is 40.1. The first-order valence-electron chi connectivity index (χ1n) is 40.1. The molecule has 612 valence electrons. The molecule has 12 aromatic carbocycles. The smallest absolute Gasteiger partial charge is 0.497 e. The van der Waals surface area contributed by atoms with Gasteiger partial charge in [-0.1, -0.05) is 212 Å². The number of hydrogen-bond acceptors (Lipinski definition) is 18. The lowest BCUT2D eigenvalue weighted by Crippen LogP contribution is -2.30. The molecule has 14 rings (SSSR count). The third-order valence-corrected chi connectivity index (χ3v) is 22.7. The van der Waals surface area contributed by atoms with Crippen molar-refractivity contribution in [2.45, 2.75) is 141 Å². The normalized spacial score (nSPS) is 13.4. The third kappa shape index (κ3) is 20.6. The highest BCUT2D eigenvalue weighted by Crippen LogP contribution is 2.48. The maximum Gasteiger partial charge on any atom is 0.519 e. The molecule has 0 aliphatic heterocycles. The minimum Gasteiger partial charge on any atom is -0.497 e. The molecule has 0 atom stereocenters. The summed E-state index contributed by atoms with van der Waals surface area (Å²) in [6.45, 7) is 15.3. The van der Waals surface area contributed by atoms with E-state index < -0.39 is 24.6 Å². The Kier molecular flexibility index (Phi) is 26.4. The number of hydrogen-bond donors (Lipinski definition) is 0. The summed E-state index contributed by atoms with van der Waals surface area (Å²) in [5, 5.41) is 0. The maximum absolute atomic E-state index is 13.0. The van der Waals surface area contributed by atoms with Gasteiger partial charge in [-0.15, -0.1) is 0 Å². The summed E-state index contributed by atoms with van der Waals surface area (Å²) in [5.41, 5.74) is 13.4. The molecular weight excluding hydrogens is 1510 g/mol. The first kappa shape index (κ1) is 84.2. The van der Waals surface area contributed by atoms with E-state index in [2.05, 4.69) is 52.0 Å². The molecule has 0 heterocycles. The van der Waals surface area contributed by atoms with Crippen LogP contribution >= 0.6 is 0 Å². The van der Waals surface area contributed by atoms with E-state index in [4.69, 9.17) is 56.8 Å². The van der Waals surface area contributed by atoms with E-state index in [9.17, 15) is 28.8 Å². The fourth-order valence-corrected chi connectivity index (χ4v) is 15.9. The highest BCUT2D eigenvalue weighted by Gasteiger charge is 2.38.